The molecule has 0 bridgehead atoms. The van der Waals surface area contributed by atoms with E-state index in [0.29, 0.717) is 28.6 Å². The van der Waals surface area contributed by atoms with Gasteiger partial charge in [-0.1, -0.05) is 42.0 Å². The van der Waals surface area contributed by atoms with E-state index in [2.05, 4.69) is 12.2 Å². The summed E-state index contributed by atoms with van der Waals surface area (Å²) >= 11 is 0.555. The van der Waals surface area contributed by atoms with Gasteiger partial charge in [-0.25, -0.2) is 8.60 Å². The first-order valence-corrected chi connectivity index (χ1v) is 8.21. The third-order valence-electron chi connectivity index (χ3n) is 4.65. The average Bonchev–Trinajstić information content (AvgIpc) is 2.56. The predicted molar refractivity (Wildman–Crippen MR) is 90.8 cm³/mol. The highest BCUT2D eigenvalue weighted by Crippen LogP contribution is 2.40. The number of allylic oxidation sites excluding steroid dienone is 4. The molecule has 2 aliphatic carbocycles. The van der Waals surface area contributed by atoms with Gasteiger partial charge in [0.25, 0.3) is 0 Å². The molecule has 22 heavy (non-hydrogen) atoms. The van der Waals surface area contributed by atoms with Crippen LogP contribution in [0.5, 0.6) is 0 Å². The van der Waals surface area contributed by atoms with Crippen molar-refractivity contribution in [2.24, 2.45) is 0 Å². The molecule has 110 valence electrons. The second-order valence-electron chi connectivity index (χ2n) is 5.92. The van der Waals surface area contributed by atoms with Crippen LogP contribution >= 0.6 is 0 Å². The van der Waals surface area contributed by atoms with Gasteiger partial charge < -0.3 is 0 Å². The fraction of sp³-hybridized carbons (Fsp3) is 0.211. The highest BCUT2D eigenvalue weighted by atomic mass is 32.1. The molecule has 0 aromatic heterocycles. The molecular weight excluding hydrogens is 295 g/mol. The fourth-order valence-corrected chi connectivity index (χ4v) is 4.07. The van der Waals surface area contributed by atoms with Crippen molar-refractivity contribution in [3.05, 3.63) is 64.5 Å². The van der Waals surface area contributed by atoms with Crippen molar-refractivity contribution in [3.8, 4) is 0 Å². The number of halogens is 1. The molecule has 2 aromatic rings. The first kappa shape index (κ1) is 13.6. The molecule has 0 fully saturated rings. The zero-order chi connectivity index (χ0) is 15.3. The number of hydrogen-bond donors (Lipinski definition) is 0. The highest BCUT2D eigenvalue weighted by Gasteiger charge is 2.25. The Hall–Kier alpha value is -2.00. The second-order valence-corrected chi connectivity index (χ2v) is 6.58. The lowest BCUT2D eigenvalue weighted by atomic mass is 9.79. The van der Waals surface area contributed by atoms with E-state index < -0.39 is 0 Å². The Morgan fingerprint density at radius 3 is 2.77 bits per heavy atom. The first-order chi connectivity index (χ1) is 10.7. The van der Waals surface area contributed by atoms with Crippen molar-refractivity contribution in [2.75, 3.05) is 0 Å². The summed E-state index contributed by atoms with van der Waals surface area (Å²) in [4.78, 5) is 0.818. The normalized spacial score (nSPS) is 16.7. The minimum absolute atomic E-state index is 0.186. The van der Waals surface area contributed by atoms with Crippen molar-refractivity contribution in [1.29, 1.82) is 0 Å². The van der Waals surface area contributed by atoms with Crippen LogP contribution in [-0.4, -0.2) is 9.07 Å². The van der Waals surface area contributed by atoms with Gasteiger partial charge in [0.05, 0.1) is 16.1 Å². The summed E-state index contributed by atoms with van der Waals surface area (Å²) in [6, 6.07) is 7.56. The zero-order valence-corrected chi connectivity index (χ0v) is 13.1. The minimum Gasteiger partial charge on any atom is -0.212 e. The summed E-state index contributed by atoms with van der Waals surface area (Å²) in [5.74, 6) is -0.186. The summed E-state index contributed by atoms with van der Waals surface area (Å²) in [5, 5.41) is 1.46. The zero-order valence-electron chi connectivity index (χ0n) is 12.3. The predicted octanol–water partition coefficient (Wildman–Crippen LogP) is 4.53. The van der Waals surface area contributed by atoms with Gasteiger partial charge in [-0.15, -0.1) is 0 Å². The SMILES string of the molecule is Cc1ccc2c3c(ccc2c1F)C1=C(CCC=C1)CC3=S=O. The summed E-state index contributed by atoms with van der Waals surface area (Å²) < 4.78 is 26.1. The molecule has 3 heteroatoms. The summed E-state index contributed by atoms with van der Waals surface area (Å²) in [7, 11) is 0. The van der Waals surface area contributed by atoms with Gasteiger partial charge in [0.1, 0.15) is 5.82 Å². The molecule has 1 nitrogen and oxygen atoms in total. The monoisotopic (exact) mass is 310 g/mol. The van der Waals surface area contributed by atoms with Crippen LogP contribution < -0.4 is 0 Å². The molecule has 0 saturated heterocycles. The van der Waals surface area contributed by atoms with Crippen molar-refractivity contribution in [2.45, 2.75) is 26.2 Å². The van der Waals surface area contributed by atoms with Crippen molar-refractivity contribution in [1.82, 2.24) is 0 Å². The van der Waals surface area contributed by atoms with E-state index in [1.54, 1.807) is 13.0 Å². The van der Waals surface area contributed by atoms with E-state index in [4.69, 9.17) is 0 Å². The molecule has 0 aliphatic heterocycles. The Kier molecular flexibility index (Phi) is 3.12. The summed E-state index contributed by atoms with van der Waals surface area (Å²) in [6.45, 7) is 1.77. The van der Waals surface area contributed by atoms with Crippen LogP contribution in [0.15, 0.2) is 42.0 Å². The standard InChI is InChI=1S/C19H15FOS/c1-11-6-7-15-16(19(11)20)9-8-14-13-5-3-2-4-12(13)10-17(22-21)18(14)15/h3,5-9H,2,4,10H2,1H3. The average molecular weight is 310 g/mol. The summed E-state index contributed by atoms with van der Waals surface area (Å²) in [5.41, 5.74) is 5.20. The first-order valence-electron chi connectivity index (χ1n) is 7.47. The maximum Gasteiger partial charge on any atom is 0.133 e. The van der Waals surface area contributed by atoms with Crippen molar-refractivity contribution >= 4 is 32.5 Å². The number of benzene rings is 2. The van der Waals surface area contributed by atoms with Gasteiger partial charge in [-0.05, 0) is 41.9 Å². The molecule has 0 unspecified atom stereocenters. The maximum absolute atomic E-state index is 14.4. The van der Waals surface area contributed by atoms with Crippen LogP contribution in [0.25, 0.3) is 16.3 Å². The van der Waals surface area contributed by atoms with Crippen LogP contribution in [0.2, 0.25) is 0 Å². The van der Waals surface area contributed by atoms with Gasteiger partial charge in [0.2, 0.25) is 0 Å². The molecule has 0 heterocycles. The molecular formula is C19H15FOS. The third-order valence-corrected chi connectivity index (χ3v) is 5.20. The van der Waals surface area contributed by atoms with Gasteiger partial charge in [-0.2, -0.15) is 0 Å². The molecule has 0 amide bonds. The van der Waals surface area contributed by atoms with Crippen LogP contribution in [-0.2, 0) is 11.3 Å². The van der Waals surface area contributed by atoms with Gasteiger partial charge in [0, 0.05) is 17.4 Å². The molecule has 2 aromatic carbocycles. The number of rotatable bonds is 0. The molecule has 4 rings (SSSR count). The van der Waals surface area contributed by atoms with E-state index in [0.717, 1.165) is 34.2 Å². The third kappa shape index (κ3) is 1.85. The number of aryl methyl sites for hydroxylation is 1. The lowest BCUT2D eigenvalue weighted by Crippen LogP contribution is -2.15. The quantitative estimate of drug-likeness (QED) is 0.653. The Morgan fingerprint density at radius 1 is 1.14 bits per heavy atom. The highest BCUT2D eigenvalue weighted by molar-refractivity contribution is 7.67. The van der Waals surface area contributed by atoms with Gasteiger partial charge in [0.15, 0.2) is 0 Å². The molecule has 2 aliphatic rings. The van der Waals surface area contributed by atoms with Crippen LogP contribution in [0.4, 0.5) is 4.39 Å². The molecule has 0 spiro atoms. The van der Waals surface area contributed by atoms with Crippen molar-refractivity contribution < 1.29 is 8.60 Å². The smallest absolute Gasteiger partial charge is 0.133 e. The van der Waals surface area contributed by atoms with E-state index in [9.17, 15) is 8.60 Å². The van der Waals surface area contributed by atoms with E-state index in [-0.39, 0.29) is 5.82 Å². The molecule has 0 saturated carbocycles. The van der Waals surface area contributed by atoms with Crippen LogP contribution in [0.1, 0.15) is 36.0 Å². The lowest BCUT2D eigenvalue weighted by molar-refractivity contribution is 0.630. The maximum atomic E-state index is 14.4. The largest absolute Gasteiger partial charge is 0.212 e. The van der Waals surface area contributed by atoms with E-state index >= 15 is 0 Å². The van der Waals surface area contributed by atoms with Crippen molar-refractivity contribution in [3.63, 3.8) is 0 Å². The Labute approximate surface area is 132 Å². The lowest BCUT2D eigenvalue weighted by Gasteiger charge is -2.26. The Bertz CT molecular complexity index is 930. The Balaban J connectivity index is 2.13. The van der Waals surface area contributed by atoms with Gasteiger partial charge in [-0.3, -0.25) is 0 Å². The second kappa shape index (κ2) is 5.03. The van der Waals surface area contributed by atoms with E-state index in [1.165, 1.54) is 11.1 Å². The topological polar surface area (TPSA) is 17.1 Å². The fourth-order valence-electron chi connectivity index (χ4n) is 3.53. The molecule has 0 atom stereocenters. The van der Waals surface area contributed by atoms with E-state index in [1.807, 2.05) is 18.2 Å². The van der Waals surface area contributed by atoms with Crippen LogP contribution in [0, 0.1) is 12.7 Å². The summed E-state index contributed by atoms with van der Waals surface area (Å²) in [6.07, 6.45) is 7.08. The van der Waals surface area contributed by atoms with Crippen LogP contribution in [0.3, 0.4) is 0 Å². The number of hydrogen-bond acceptors (Lipinski definition) is 1. The van der Waals surface area contributed by atoms with Gasteiger partial charge >= 0.3 is 0 Å². The minimum atomic E-state index is -0.186. The Morgan fingerprint density at radius 2 is 1.95 bits per heavy atom. The molecule has 0 N–H and O–H groups in total. The number of fused-ring (bicyclic) bond motifs is 4. The molecule has 0 radical (unpaired) electrons.